The Morgan fingerprint density at radius 1 is 1.55 bits per heavy atom. The number of aliphatic imine (C=N–C) groups is 1. The second kappa shape index (κ2) is 7.47. The summed E-state index contributed by atoms with van der Waals surface area (Å²) in [5.41, 5.74) is 5.95. The van der Waals surface area contributed by atoms with E-state index in [1.807, 2.05) is 20.8 Å². The van der Waals surface area contributed by atoms with Gasteiger partial charge in [0.05, 0.1) is 6.34 Å². The summed E-state index contributed by atoms with van der Waals surface area (Å²) in [6.07, 6.45) is 2.10. The first kappa shape index (κ1) is 15.9. The smallest absolute Gasteiger partial charge is 0.230 e. The monoisotopic (exact) mass is 277 g/mol. The number of nitrogens with one attached hydrogen (secondary N) is 1. The van der Waals surface area contributed by atoms with Crippen LogP contribution in [0.1, 0.15) is 27.2 Å². The average molecular weight is 277 g/mol. The molecular formula is C14H23N5O. The molecule has 0 atom stereocenters. The van der Waals surface area contributed by atoms with Crippen molar-refractivity contribution in [3.8, 4) is 0 Å². The van der Waals surface area contributed by atoms with Crippen molar-refractivity contribution >= 4 is 29.6 Å². The van der Waals surface area contributed by atoms with Crippen molar-refractivity contribution in [3.05, 3.63) is 12.1 Å². The van der Waals surface area contributed by atoms with Gasteiger partial charge in [0, 0.05) is 19.5 Å². The zero-order valence-electron chi connectivity index (χ0n) is 12.6. The zero-order valence-corrected chi connectivity index (χ0v) is 12.6. The van der Waals surface area contributed by atoms with Gasteiger partial charge in [-0.25, -0.2) is 9.98 Å². The number of anilines is 2. The van der Waals surface area contributed by atoms with E-state index in [1.165, 1.54) is 6.34 Å². The molecule has 0 aromatic carbocycles. The van der Waals surface area contributed by atoms with Crippen molar-refractivity contribution < 1.29 is 4.79 Å². The van der Waals surface area contributed by atoms with Gasteiger partial charge in [0.1, 0.15) is 11.5 Å². The Bertz CT molecular complexity index is 484. The van der Waals surface area contributed by atoms with Crippen LogP contribution in [0.3, 0.4) is 0 Å². The predicted octanol–water partition coefficient (Wildman–Crippen LogP) is 2.14. The van der Waals surface area contributed by atoms with Gasteiger partial charge in [-0.05, 0) is 18.6 Å². The minimum Gasteiger partial charge on any atom is -0.390 e. The van der Waals surface area contributed by atoms with E-state index in [1.54, 1.807) is 24.1 Å². The number of carbonyl (C=O) groups excluding carboxylic acids is 1. The third-order valence-electron chi connectivity index (χ3n) is 2.79. The largest absolute Gasteiger partial charge is 0.390 e. The summed E-state index contributed by atoms with van der Waals surface area (Å²) >= 11 is 0. The highest BCUT2D eigenvalue weighted by molar-refractivity contribution is 5.94. The van der Waals surface area contributed by atoms with Crippen LogP contribution >= 0.6 is 0 Å². The maximum absolute atomic E-state index is 12.3. The topological polar surface area (TPSA) is 83.6 Å². The van der Waals surface area contributed by atoms with Crippen LogP contribution in [0.5, 0.6) is 0 Å². The Labute approximate surface area is 120 Å². The summed E-state index contributed by atoms with van der Waals surface area (Å²) < 4.78 is 0. The molecule has 1 amide bonds. The van der Waals surface area contributed by atoms with E-state index >= 15 is 0 Å². The highest BCUT2D eigenvalue weighted by atomic mass is 16.2. The third-order valence-corrected chi connectivity index (χ3v) is 2.79. The number of pyridine rings is 1. The molecule has 6 heteroatoms. The Morgan fingerprint density at radius 3 is 2.75 bits per heavy atom. The van der Waals surface area contributed by atoms with E-state index in [0.29, 0.717) is 23.9 Å². The molecule has 1 rings (SSSR count). The lowest BCUT2D eigenvalue weighted by Crippen LogP contribution is -2.35. The first-order valence-corrected chi connectivity index (χ1v) is 6.79. The molecule has 0 aliphatic rings. The lowest BCUT2D eigenvalue weighted by atomic mass is 10.2. The highest BCUT2D eigenvalue weighted by Gasteiger charge is 2.20. The van der Waals surface area contributed by atoms with Gasteiger partial charge in [0.25, 0.3) is 0 Å². The van der Waals surface area contributed by atoms with Crippen molar-refractivity contribution in [2.45, 2.75) is 27.2 Å². The van der Waals surface area contributed by atoms with Crippen LogP contribution in [-0.2, 0) is 4.79 Å². The van der Waals surface area contributed by atoms with Crippen molar-refractivity contribution in [2.24, 2.45) is 16.6 Å². The number of hydrogen-bond donors (Lipinski definition) is 2. The maximum Gasteiger partial charge on any atom is 0.230 e. The van der Waals surface area contributed by atoms with Gasteiger partial charge in [-0.3, -0.25) is 9.69 Å². The van der Waals surface area contributed by atoms with Crippen molar-refractivity contribution in [2.75, 3.05) is 23.8 Å². The van der Waals surface area contributed by atoms with E-state index in [4.69, 9.17) is 5.73 Å². The molecule has 0 saturated carbocycles. The average Bonchev–Trinajstić information content (AvgIpc) is 2.44. The molecular weight excluding hydrogens is 254 g/mol. The van der Waals surface area contributed by atoms with Crippen LogP contribution < -0.4 is 16.0 Å². The lowest BCUT2D eigenvalue weighted by Gasteiger charge is -2.23. The SMILES string of the molecule is CCCN(C(=O)C(C)C)c1ccc(N=CN)c(NC)n1. The number of nitrogens with zero attached hydrogens (tertiary/aromatic N) is 3. The first-order valence-electron chi connectivity index (χ1n) is 6.79. The molecule has 6 nitrogen and oxygen atoms in total. The molecule has 0 radical (unpaired) electrons. The van der Waals surface area contributed by atoms with Crippen LogP contribution in [-0.4, -0.2) is 30.8 Å². The number of rotatable bonds is 6. The van der Waals surface area contributed by atoms with Gasteiger partial charge in [0.2, 0.25) is 5.91 Å². The van der Waals surface area contributed by atoms with Crippen LogP contribution in [0.4, 0.5) is 17.3 Å². The predicted molar refractivity (Wildman–Crippen MR) is 83.6 cm³/mol. The summed E-state index contributed by atoms with van der Waals surface area (Å²) in [6.45, 7) is 6.45. The van der Waals surface area contributed by atoms with Crippen molar-refractivity contribution in [3.63, 3.8) is 0 Å². The molecule has 0 fully saturated rings. The molecule has 0 aliphatic carbocycles. The molecule has 0 bridgehead atoms. The standard InChI is InChI=1S/C14H23N5O/c1-5-8-19(14(20)10(2)3)12-7-6-11(17-9-15)13(16-4)18-12/h6-7,9-10H,5,8H2,1-4H3,(H2,15,17)(H,16,18). The fraction of sp³-hybridized carbons (Fsp3) is 0.500. The normalized spacial score (nSPS) is 11.1. The quantitative estimate of drug-likeness (QED) is 0.616. The van der Waals surface area contributed by atoms with Gasteiger partial charge in [-0.1, -0.05) is 20.8 Å². The van der Waals surface area contributed by atoms with Gasteiger partial charge in [-0.15, -0.1) is 0 Å². The molecule has 3 N–H and O–H groups in total. The number of hydrogen-bond acceptors (Lipinski definition) is 4. The van der Waals surface area contributed by atoms with Gasteiger partial charge < -0.3 is 11.1 Å². The Hall–Kier alpha value is -2.11. The molecule has 0 unspecified atom stereocenters. The van der Waals surface area contributed by atoms with Gasteiger partial charge >= 0.3 is 0 Å². The van der Waals surface area contributed by atoms with Crippen molar-refractivity contribution in [1.82, 2.24) is 4.98 Å². The number of nitrogens with two attached hydrogens (primary N) is 1. The third kappa shape index (κ3) is 3.69. The van der Waals surface area contributed by atoms with Crippen LogP contribution in [0, 0.1) is 5.92 Å². The summed E-state index contributed by atoms with van der Waals surface area (Å²) in [7, 11) is 1.76. The number of carbonyl (C=O) groups is 1. The molecule has 1 aromatic rings. The summed E-state index contributed by atoms with van der Waals surface area (Å²) in [5, 5.41) is 2.97. The maximum atomic E-state index is 12.3. The second-order valence-corrected chi connectivity index (χ2v) is 4.71. The first-order chi connectivity index (χ1) is 9.54. The molecule has 1 heterocycles. The lowest BCUT2D eigenvalue weighted by molar-refractivity contribution is -0.121. The molecule has 1 aromatic heterocycles. The van der Waals surface area contributed by atoms with Crippen LogP contribution in [0.25, 0.3) is 0 Å². The number of aromatic nitrogens is 1. The molecule has 110 valence electrons. The Kier molecular flexibility index (Phi) is 5.96. The molecule has 20 heavy (non-hydrogen) atoms. The van der Waals surface area contributed by atoms with Crippen LogP contribution in [0.2, 0.25) is 0 Å². The van der Waals surface area contributed by atoms with E-state index < -0.39 is 0 Å². The van der Waals surface area contributed by atoms with Gasteiger partial charge in [-0.2, -0.15) is 0 Å². The fourth-order valence-corrected chi connectivity index (χ4v) is 1.83. The Balaban J connectivity index is 3.17. The minimum absolute atomic E-state index is 0.0662. The van der Waals surface area contributed by atoms with Gasteiger partial charge in [0.15, 0.2) is 5.82 Å². The minimum atomic E-state index is -0.0666. The summed E-state index contributed by atoms with van der Waals surface area (Å²) in [4.78, 5) is 22.5. The van der Waals surface area contributed by atoms with Crippen molar-refractivity contribution in [1.29, 1.82) is 0 Å². The van der Waals surface area contributed by atoms with E-state index in [2.05, 4.69) is 15.3 Å². The zero-order chi connectivity index (χ0) is 15.1. The van der Waals surface area contributed by atoms with E-state index in [9.17, 15) is 4.79 Å². The summed E-state index contributed by atoms with van der Waals surface area (Å²) in [5.74, 6) is 1.23. The molecule has 0 saturated heterocycles. The van der Waals surface area contributed by atoms with E-state index in [-0.39, 0.29) is 11.8 Å². The highest BCUT2D eigenvalue weighted by Crippen LogP contribution is 2.26. The second-order valence-electron chi connectivity index (χ2n) is 4.71. The van der Waals surface area contributed by atoms with E-state index in [0.717, 1.165) is 6.42 Å². The fourth-order valence-electron chi connectivity index (χ4n) is 1.83. The van der Waals surface area contributed by atoms with Crippen LogP contribution in [0.15, 0.2) is 17.1 Å². The number of amides is 1. The summed E-state index contributed by atoms with van der Waals surface area (Å²) in [6, 6.07) is 3.59. The molecule has 0 aliphatic heterocycles. The molecule has 0 spiro atoms. The Morgan fingerprint density at radius 2 is 2.25 bits per heavy atom.